The lowest BCUT2D eigenvalue weighted by Crippen LogP contribution is -2.23. The molecule has 7 heteroatoms. The van der Waals surface area contributed by atoms with Crippen LogP contribution in [0.25, 0.3) is 0 Å². The van der Waals surface area contributed by atoms with Crippen molar-refractivity contribution in [2.75, 3.05) is 11.3 Å². The Balaban J connectivity index is 1.76. The van der Waals surface area contributed by atoms with Crippen LogP contribution in [0.1, 0.15) is 28.4 Å². The fourth-order valence-corrected chi connectivity index (χ4v) is 4.04. The van der Waals surface area contributed by atoms with Crippen LogP contribution in [0, 0.1) is 6.92 Å². The van der Waals surface area contributed by atoms with E-state index in [0.29, 0.717) is 30.0 Å². The lowest BCUT2D eigenvalue weighted by atomic mass is 10.1. The summed E-state index contributed by atoms with van der Waals surface area (Å²) in [6, 6.07) is 20.5. The van der Waals surface area contributed by atoms with Crippen LogP contribution >= 0.6 is 0 Å². The predicted octanol–water partition coefficient (Wildman–Crippen LogP) is 4.12. The highest BCUT2D eigenvalue weighted by molar-refractivity contribution is 7.92. The van der Waals surface area contributed by atoms with Crippen molar-refractivity contribution in [3.05, 3.63) is 89.5 Å². The van der Waals surface area contributed by atoms with Crippen LogP contribution in [0.2, 0.25) is 0 Å². The number of carbonyl (C=O) groups excluding carboxylic acids is 1. The van der Waals surface area contributed by atoms with E-state index in [1.807, 2.05) is 31.2 Å². The Morgan fingerprint density at radius 3 is 2.40 bits per heavy atom. The van der Waals surface area contributed by atoms with Gasteiger partial charge in [0.25, 0.3) is 15.9 Å². The molecule has 0 atom stereocenters. The first-order valence-electron chi connectivity index (χ1n) is 9.58. The topological polar surface area (TPSA) is 84.5 Å². The van der Waals surface area contributed by atoms with Gasteiger partial charge >= 0.3 is 0 Å². The molecule has 0 aromatic heterocycles. The van der Waals surface area contributed by atoms with Gasteiger partial charge in [0.15, 0.2) is 0 Å². The SMILES string of the molecule is CCOc1ccccc1CNC(=O)c1ccc(C)c(NS(=O)(=O)c2ccccc2)c1. The maximum absolute atomic E-state index is 12.7. The van der Waals surface area contributed by atoms with E-state index in [1.165, 1.54) is 12.1 Å². The zero-order valence-electron chi connectivity index (χ0n) is 16.9. The average Bonchev–Trinajstić information content (AvgIpc) is 2.75. The minimum Gasteiger partial charge on any atom is -0.494 e. The van der Waals surface area contributed by atoms with E-state index >= 15 is 0 Å². The first-order valence-corrected chi connectivity index (χ1v) is 11.1. The molecule has 0 bridgehead atoms. The van der Waals surface area contributed by atoms with Crippen molar-refractivity contribution < 1.29 is 17.9 Å². The van der Waals surface area contributed by atoms with Crippen molar-refractivity contribution in [1.29, 1.82) is 0 Å². The first-order chi connectivity index (χ1) is 14.4. The molecule has 0 aliphatic heterocycles. The van der Waals surface area contributed by atoms with Gasteiger partial charge in [-0.25, -0.2) is 8.42 Å². The molecule has 30 heavy (non-hydrogen) atoms. The van der Waals surface area contributed by atoms with Gasteiger partial charge < -0.3 is 10.1 Å². The number of hydrogen-bond donors (Lipinski definition) is 2. The minimum absolute atomic E-state index is 0.159. The average molecular weight is 425 g/mol. The summed E-state index contributed by atoms with van der Waals surface area (Å²) in [5.74, 6) is 0.418. The molecule has 1 amide bonds. The number of hydrogen-bond acceptors (Lipinski definition) is 4. The van der Waals surface area contributed by atoms with E-state index in [0.717, 1.165) is 11.3 Å². The number of aryl methyl sites for hydroxylation is 1. The molecular weight excluding hydrogens is 400 g/mol. The highest BCUT2D eigenvalue weighted by Crippen LogP contribution is 2.22. The molecule has 0 heterocycles. The molecule has 156 valence electrons. The molecule has 0 spiro atoms. The first kappa shape index (κ1) is 21.4. The summed E-state index contributed by atoms with van der Waals surface area (Å²) in [7, 11) is -3.74. The van der Waals surface area contributed by atoms with Crippen LogP contribution in [-0.4, -0.2) is 20.9 Å². The molecule has 0 fully saturated rings. The predicted molar refractivity (Wildman–Crippen MR) is 117 cm³/mol. The second-order valence-electron chi connectivity index (χ2n) is 6.67. The maximum atomic E-state index is 12.7. The summed E-state index contributed by atoms with van der Waals surface area (Å²) in [5.41, 5.74) is 2.30. The second-order valence-corrected chi connectivity index (χ2v) is 8.35. The molecule has 3 aromatic rings. The van der Waals surface area contributed by atoms with E-state index in [-0.39, 0.29) is 10.8 Å². The summed E-state index contributed by atoms with van der Waals surface area (Å²) in [4.78, 5) is 12.8. The van der Waals surface area contributed by atoms with Crippen molar-refractivity contribution in [3.63, 3.8) is 0 Å². The standard InChI is InChI=1S/C23H24N2O4S/c1-3-29-22-12-8-7-9-19(22)16-24-23(26)18-14-13-17(2)21(15-18)25-30(27,28)20-10-5-4-6-11-20/h4-15,25H,3,16H2,1-2H3,(H,24,26). The second kappa shape index (κ2) is 9.45. The van der Waals surface area contributed by atoms with Crippen molar-refractivity contribution in [2.24, 2.45) is 0 Å². The van der Waals surface area contributed by atoms with Gasteiger partial charge in [-0.1, -0.05) is 42.5 Å². The van der Waals surface area contributed by atoms with Gasteiger partial charge in [0.05, 0.1) is 17.2 Å². The van der Waals surface area contributed by atoms with Gasteiger partial charge in [-0.05, 0) is 49.7 Å². The van der Waals surface area contributed by atoms with Crippen LogP contribution < -0.4 is 14.8 Å². The Morgan fingerprint density at radius 1 is 0.967 bits per heavy atom. The number of nitrogens with one attached hydrogen (secondary N) is 2. The van der Waals surface area contributed by atoms with Crippen LogP contribution in [-0.2, 0) is 16.6 Å². The number of amides is 1. The van der Waals surface area contributed by atoms with Gasteiger partial charge in [-0.3, -0.25) is 9.52 Å². The summed E-state index contributed by atoms with van der Waals surface area (Å²) in [6.45, 7) is 4.52. The van der Waals surface area contributed by atoms with Gasteiger partial charge in [0.1, 0.15) is 5.75 Å². The molecule has 3 rings (SSSR count). The van der Waals surface area contributed by atoms with Crippen LogP contribution in [0.15, 0.2) is 77.7 Å². The quantitative estimate of drug-likeness (QED) is 0.570. The Kier molecular flexibility index (Phi) is 6.74. The fourth-order valence-electron chi connectivity index (χ4n) is 2.90. The number of carbonyl (C=O) groups is 1. The molecule has 0 unspecified atom stereocenters. The van der Waals surface area contributed by atoms with Crippen molar-refractivity contribution in [1.82, 2.24) is 5.32 Å². The number of para-hydroxylation sites is 1. The smallest absolute Gasteiger partial charge is 0.261 e. The maximum Gasteiger partial charge on any atom is 0.261 e. The largest absolute Gasteiger partial charge is 0.494 e. The molecule has 3 aromatic carbocycles. The van der Waals surface area contributed by atoms with E-state index < -0.39 is 10.0 Å². The number of ether oxygens (including phenoxy) is 1. The van der Waals surface area contributed by atoms with E-state index in [1.54, 1.807) is 43.3 Å². The van der Waals surface area contributed by atoms with E-state index in [9.17, 15) is 13.2 Å². The lowest BCUT2D eigenvalue weighted by molar-refractivity contribution is 0.0950. The Labute approximate surface area is 177 Å². The lowest BCUT2D eigenvalue weighted by Gasteiger charge is -2.13. The molecular formula is C23H24N2O4S. The highest BCUT2D eigenvalue weighted by atomic mass is 32.2. The van der Waals surface area contributed by atoms with Crippen LogP contribution in [0.5, 0.6) is 5.75 Å². The van der Waals surface area contributed by atoms with Crippen molar-refractivity contribution in [3.8, 4) is 5.75 Å². The third-order valence-electron chi connectivity index (χ3n) is 4.51. The van der Waals surface area contributed by atoms with Crippen LogP contribution in [0.4, 0.5) is 5.69 Å². The van der Waals surface area contributed by atoms with Gasteiger partial charge in [0, 0.05) is 17.7 Å². The van der Waals surface area contributed by atoms with Gasteiger partial charge in [0.2, 0.25) is 0 Å². The third-order valence-corrected chi connectivity index (χ3v) is 5.89. The van der Waals surface area contributed by atoms with Crippen molar-refractivity contribution in [2.45, 2.75) is 25.3 Å². The molecule has 0 aliphatic rings. The summed E-state index contributed by atoms with van der Waals surface area (Å²) >= 11 is 0. The normalized spacial score (nSPS) is 11.0. The minimum atomic E-state index is -3.74. The fraction of sp³-hybridized carbons (Fsp3) is 0.174. The monoisotopic (exact) mass is 424 g/mol. The summed E-state index contributed by atoms with van der Waals surface area (Å²) in [5, 5.41) is 2.86. The van der Waals surface area contributed by atoms with Crippen LogP contribution in [0.3, 0.4) is 0 Å². The van der Waals surface area contributed by atoms with Gasteiger partial charge in [-0.15, -0.1) is 0 Å². The van der Waals surface area contributed by atoms with E-state index in [4.69, 9.17) is 4.74 Å². The number of benzene rings is 3. The summed E-state index contributed by atoms with van der Waals surface area (Å²) < 4.78 is 33.4. The Morgan fingerprint density at radius 2 is 1.67 bits per heavy atom. The molecule has 0 radical (unpaired) electrons. The highest BCUT2D eigenvalue weighted by Gasteiger charge is 2.16. The molecule has 6 nitrogen and oxygen atoms in total. The third kappa shape index (κ3) is 5.18. The molecule has 0 saturated carbocycles. The zero-order chi connectivity index (χ0) is 21.6. The number of sulfonamides is 1. The summed E-state index contributed by atoms with van der Waals surface area (Å²) in [6.07, 6.45) is 0. The van der Waals surface area contributed by atoms with Gasteiger partial charge in [-0.2, -0.15) is 0 Å². The Bertz CT molecular complexity index is 1130. The van der Waals surface area contributed by atoms with Crippen molar-refractivity contribution >= 4 is 21.6 Å². The zero-order valence-corrected chi connectivity index (χ0v) is 17.7. The molecule has 0 saturated heterocycles. The molecule has 0 aliphatic carbocycles. The van der Waals surface area contributed by atoms with E-state index in [2.05, 4.69) is 10.0 Å². The Hall–Kier alpha value is -3.32. The molecule has 2 N–H and O–H groups in total. The number of anilines is 1. The number of rotatable bonds is 8.